The molecule has 1 aromatic carbocycles. The van der Waals surface area contributed by atoms with Gasteiger partial charge in [-0.05, 0) is 59.7 Å². The molecule has 2 rings (SSSR count). The molecule has 0 amide bonds. The summed E-state index contributed by atoms with van der Waals surface area (Å²) in [6.45, 7) is 2.48. The van der Waals surface area contributed by atoms with Gasteiger partial charge in [0, 0.05) is 12.0 Å². The highest BCUT2D eigenvalue weighted by Gasteiger charge is 2.41. The largest absolute Gasteiger partial charge is 0.329 e. The quantitative estimate of drug-likeness (QED) is 0.855. The molecule has 19 heavy (non-hydrogen) atoms. The fourth-order valence-corrected chi connectivity index (χ4v) is 3.17. The first-order chi connectivity index (χ1) is 9.00. The number of hydrogen-bond donors (Lipinski definition) is 1. The Morgan fingerprint density at radius 3 is 2.68 bits per heavy atom. The first-order valence-corrected chi connectivity index (χ1v) is 7.48. The summed E-state index contributed by atoms with van der Waals surface area (Å²) < 4.78 is 14.4. The molecule has 0 bridgehead atoms. The molecule has 2 N–H and O–H groups in total. The highest BCUT2D eigenvalue weighted by molar-refractivity contribution is 9.10. The van der Waals surface area contributed by atoms with Crippen molar-refractivity contribution >= 4 is 21.7 Å². The minimum atomic E-state index is -0.575. The van der Waals surface area contributed by atoms with Gasteiger partial charge in [-0.1, -0.05) is 13.0 Å². The molecule has 1 fully saturated rings. The van der Waals surface area contributed by atoms with Crippen LogP contribution in [0.15, 0.2) is 22.7 Å². The van der Waals surface area contributed by atoms with Crippen molar-refractivity contribution in [2.24, 2.45) is 17.1 Å². The number of nitrogens with two attached hydrogens (primary N) is 1. The number of Topliss-reactive ketones (excluding diaryl/α,β-unsaturated/α-hetero) is 1. The van der Waals surface area contributed by atoms with Crippen molar-refractivity contribution in [3.8, 4) is 0 Å². The van der Waals surface area contributed by atoms with E-state index in [1.54, 1.807) is 18.2 Å². The van der Waals surface area contributed by atoms with E-state index in [-0.39, 0.29) is 11.3 Å². The van der Waals surface area contributed by atoms with Crippen LogP contribution >= 0.6 is 15.9 Å². The van der Waals surface area contributed by atoms with Gasteiger partial charge in [-0.25, -0.2) is 4.39 Å². The minimum Gasteiger partial charge on any atom is -0.329 e. The molecule has 0 heterocycles. The van der Waals surface area contributed by atoms with Gasteiger partial charge < -0.3 is 5.73 Å². The van der Waals surface area contributed by atoms with Gasteiger partial charge in [0.25, 0.3) is 0 Å². The maximum absolute atomic E-state index is 14.1. The predicted octanol–water partition coefficient (Wildman–Crippen LogP) is 3.93. The standard InChI is InChI=1S/C15H19BrFNO/c1-10-5-7-15(9-18,8-6-10)14(19)11-3-2-4-12(16)13(11)17/h2-4,10H,5-9,18H2,1H3. The van der Waals surface area contributed by atoms with Crippen molar-refractivity contribution in [1.82, 2.24) is 0 Å². The van der Waals surface area contributed by atoms with Crippen molar-refractivity contribution in [3.63, 3.8) is 0 Å². The Bertz CT molecular complexity index is 481. The Balaban J connectivity index is 2.33. The van der Waals surface area contributed by atoms with Crippen LogP contribution in [0.25, 0.3) is 0 Å². The molecule has 2 nitrogen and oxygen atoms in total. The Labute approximate surface area is 121 Å². The van der Waals surface area contributed by atoms with E-state index in [2.05, 4.69) is 22.9 Å². The summed E-state index contributed by atoms with van der Waals surface area (Å²) >= 11 is 3.13. The van der Waals surface area contributed by atoms with Gasteiger partial charge in [0.15, 0.2) is 5.78 Å². The van der Waals surface area contributed by atoms with Crippen LogP contribution < -0.4 is 5.73 Å². The van der Waals surface area contributed by atoms with Crippen molar-refractivity contribution in [2.75, 3.05) is 6.54 Å². The SMILES string of the molecule is CC1CCC(CN)(C(=O)c2cccc(Br)c2F)CC1. The molecule has 0 radical (unpaired) electrons. The Morgan fingerprint density at radius 2 is 2.11 bits per heavy atom. The number of carbonyl (C=O) groups excluding carboxylic acids is 1. The van der Waals surface area contributed by atoms with Gasteiger partial charge in [0.1, 0.15) is 5.82 Å². The second kappa shape index (κ2) is 5.71. The number of halogens is 2. The maximum atomic E-state index is 14.1. The number of carbonyl (C=O) groups is 1. The molecule has 4 heteroatoms. The molecule has 0 aromatic heterocycles. The molecule has 1 saturated carbocycles. The fourth-order valence-electron chi connectivity index (χ4n) is 2.80. The highest BCUT2D eigenvalue weighted by Crippen LogP contribution is 2.41. The first kappa shape index (κ1) is 14.7. The van der Waals surface area contributed by atoms with Gasteiger partial charge in [-0.3, -0.25) is 4.79 Å². The van der Waals surface area contributed by atoms with Crippen molar-refractivity contribution in [2.45, 2.75) is 32.6 Å². The molecule has 0 atom stereocenters. The summed E-state index contributed by atoms with van der Waals surface area (Å²) in [5, 5.41) is 0. The third-order valence-corrected chi connectivity index (χ3v) is 4.91. The first-order valence-electron chi connectivity index (χ1n) is 6.69. The van der Waals surface area contributed by atoms with E-state index in [9.17, 15) is 9.18 Å². The number of ketones is 1. The van der Waals surface area contributed by atoms with Crippen LogP contribution in [0.2, 0.25) is 0 Å². The lowest BCUT2D eigenvalue weighted by Gasteiger charge is -2.37. The van der Waals surface area contributed by atoms with Crippen molar-refractivity contribution < 1.29 is 9.18 Å². The maximum Gasteiger partial charge on any atom is 0.173 e. The van der Waals surface area contributed by atoms with E-state index < -0.39 is 11.2 Å². The summed E-state index contributed by atoms with van der Waals surface area (Å²) in [6, 6.07) is 4.85. The lowest BCUT2D eigenvalue weighted by molar-refractivity contribution is 0.0690. The molecule has 104 valence electrons. The smallest absolute Gasteiger partial charge is 0.173 e. The summed E-state index contributed by atoms with van der Waals surface area (Å²) in [6.07, 6.45) is 3.49. The molecule has 0 unspecified atom stereocenters. The van der Waals surface area contributed by atoms with E-state index in [0.717, 1.165) is 25.7 Å². The van der Waals surface area contributed by atoms with Gasteiger partial charge >= 0.3 is 0 Å². The summed E-state index contributed by atoms with van der Waals surface area (Å²) in [4.78, 5) is 12.7. The second-order valence-corrected chi connectivity index (χ2v) is 6.45. The van der Waals surface area contributed by atoms with Crippen LogP contribution in [0.4, 0.5) is 4.39 Å². The average molecular weight is 328 g/mol. The Kier molecular flexibility index (Phi) is 4.41. The van der Waals surface area contributed by atoms with E-state index in [1.807, 2.05) is 0 Å². The molecule has 0 saturated heterocycles. The molecule has 1 aliphatic rings. The predicted molar refractivity (Wildman–Crippen MR) is 77.5 cm³/mol. The topological polar surface area (TPSA) is 43.1 Å². The average Bonchev–Trinajstić information content (AvgIpc) is 2.42. The van der Waals surface area contributed by atoms with E-state index in [4.69, 9.17) is 5.73 Å². The van der Waals surface area contributed by atoms with Gasteiger partial charge in [-0.2, -0.15) is 0 Å². The summed E-state index contributed by atoms with van der Waals surface area (Å²) in [7, 11) is 0. The van der Waals surface area contributed by atoms with Crippen LogP contribution in [-0.2, 0) is 0 Å². The van der Waals surface area contributed by atoms with Crippen molar-refractivity contribution in [1.29, 1.82) is 0 Å². The zero-order valence-electron chi connectivity index (χ0n) is 11.1. The lowest BCUT2D eigenvalue weighted by Crippen LogP contribution is -2.42. The van der Waals surface area contributed by atoms with E-state index in [0.29, 0.717) is 16.9 Å². The monoisotopic (exact) mass is 327 g/mol. The van der Waals surface area contributed by atoms with Gasteiger partial charge in [0.2, 0.25) is 0 Å². The molecule has 1 aliphatic carbocycles. The van der Waals surface area contributed by atoms with Crippen molar-refractivity contribution in [3.05, 3.63) is 34.1 Å². The third-order valence-electron chi connectivity index (χ3n) is 4.30. The van der Waals surface area contributed by atoms with Gasteiger partial charge in [0.05, 0.1) is 10.0 Å². The summed E-state index contributed by atoms with van der Waals surface area (Å²) in [5.74, 6) is 0.0134. The normalized spacial score (nSPS) is 27.3. The van der Waals surface area contributed by atoms with Crippen LogP contribution in [0.3, 0.4) is 0 Å². The van der Waals surface area contributed by atoms with E-state index >= 15 is 0 Å². The molecular weight excluding hydrogens is 309 g/mol. The zero-order chi connectivity index (χ0) is 14.0. The molecule has 1 aromatic rings. The number of benzene rings is 1. The molecular formula is C15H19BrFNO. The van der Waals surface area contributed by atoms with Crippen LogP contribution in [0.1, 0.15) is 43.0 Å². The zero-order valence-corrected chi connectivity index (χ0v) is 12.7. The van der Waals surface area contributed by atoms with Crippen LogP contribution in [0.5, 0.6) is 0 Å². The van der Waals surface area contributed by atoms with Crippen LogP contribution in [0, 0.1) is 17.2 Å². The van der Waals surface area contributed by atoms with E-state index in [1.165, 1.54) is 0 Å². The summed E-state index contributed by atoms with van der Waals surface area (Å²) in [5.41, 5.74) is 5.44. The number of hydrogen-bond acceptors (Lipinski definition) is 2. The van der Waals surface area contributed by atoms with Crippen LogP contribution in [-0.4, -0.2) is 12.3 Å². The highest BCUT2D eigenvalue weighted by atomic mass is 79.9. The van der Waals surface area contributed by atoms with Gasteiger partial charge in [-0.15, -0.1) is 0 Å². The second-order valence-electron chi connectivity index (χ2n) is 5.60. The molecule has 0 spiro atoms. The fraction of sp³-hybridized carbons (Fsp3) is 0.533. The number of rotatable bonds is 3. The Hall–Kier alpha value is -0.740. The lowest BCUT2D eigenvalue weighted by atomic mass is 9.67. The minimum absolute atomic E-state index is 0.138. The molecule has 0 aliphatic heterocycles. The Morgan fingerprint density at radius 1 is 1.47 bits per heavy atom. The third kappa shape index (κ3) is 2.75.